The average Bonchev–Trinajstić information content (AvgIpc) is 2.76. The van der Waals surface area contributed by atoms with Gasteiger partial charge < -0.3 is 10.1 Å². The molecule has 3 nitrogen and oxygen atoms in total. The van der Waals surface area contributed by atoms with Crippen molar-refractivity contribution in [2.75, 3.05) is 24.7 Å². The smallest absolute Gasteiger partial charge is 0.104 e. The first-order chi connectivity index (χ1) is 7.36. The molecule has 2 atom stereocenters. The first kappa shape index (κ1) is 12.8. The molecule has 1 heterocycles. The van der Waals surface area contributed by atoms with Crippen molar-refractivity contribution in [2.24, 2.45) is 0 Å². The van der Waals surface area contributed by atoms with Crippen LogP contribution in [0.4, 0.5) is 0 Å². The summed E-state index contributed by atoms with van der Waals surface area (Å²) >= 11 is 1.82. The lowest BCUT2D eigenvalue weighted by Gasteiger charge is -2.12. The van der Waals surface area contributed by atoms with Crippen molar-refractivity contribution >= 4 is 11.8 Å². The second-order valence-electron chi connectivity index (χ2n) is 3.81. The molecule has 1 fully saturated rings. The Balaban J connectivity index is 2.03. The van der Waals surface area contributed by atoms with Crippen LogP contribution >= 0.6 is 11.8 Å². The molecule has 1 saturated heterocycles. The highest BCUT2D eigenvalue weighted by Gasteiger charge is 2.16. The first-order valence-electron chi connectivity index (χ1n) is 5.69. The standard InChI is InChI=1S/C11H20N2OS/c1-2-5-13-10(7-12)8-15-9-11-4-3-6-14-11/h10-11,13H,2-6,8-9H2,1H3. The van der Waals surface area contributed by atoms with E-state index in [1.54, 1.807) is 0 Å². The number of ether oxygens (including phenoxy) is 1. The Kier molecular flexibility index (Phi) is 6.82. The molecule has 0 aliphatic carbocycles. The second kappa shape index (κ2) is 7.98. The van der Waals surface area contributed by atoms with Crippen LogP contribution in [0.3, 0.4) is 0 Å². The van der Waals surface area contributed by atoms with Crippen LogP contribution in [0.2, 0.25) is 0 Å². The van der Waals surface area contributed by atoms with Gasteiger partial charge in [-0.25, -0.2) is 0 Å². The molecule has 0 aromatic carbocycles. The number of thioether (sulfide) groups is 1. The van der Waals surface area contributed by atoms with Gasteiger partial charge in [-0.05, 0) is 25.8 Å². The minimum absolute atomic E-state index is 0.00338. The highest BCUT2D eigenvalue weighted by Crippen LogP contribution is 2.17. The SMILES string of the molecule is CCCNC(C#N)CSCC1CCCO1. The van der Waals surface area contributed by atoms with Gasteiger partial charge in [-0.3, -0.25) is 0 Å². The van der Waals surface area contributed by atoms with Gasteiger partial charge in [0.25, 0.3) is 0 Å². The highest BCUT2D eigenvalue weighted by molar-refractivity contribution is 7.99. The molecule has 0 saturated carbocycles. The summed E-state index contributed by atoms with van der Waals surface area (Å²) in [6, 6.07) is 2.29. The second-order valence-corrected chi connectivity index (χ2v) is 4.88. The summed E-state index contributed by atoms with van der Waals surface area (Å²) in [5.41, 5.74) is 0. The fourth-order valence-corrected chi connectivity index (χ4v) is 2.64. The van der Waals surface area contributed by atoms with Gasteiger partial charge in [-0.15, -0.1) is 0 Å². The normalized spacial score (nSPS) is 22.5. The monoisotopic (exact) mass is 228 g/mol. The van der Waals surface area contributed by atoms with Gasteiger partial charge in [0.05, 0.1) is 12.2 Å². The molecule has 0 bridgehead atoms. The van der Waals surface area contributed by atoms with Crippen molar-refractivity contribution in [1.29, 1.82) is 5.26 Å². The summed E-state index contributed by atoms with van der Waals surface area (Å²) in [5.74, 6) is 1.91. The highest BCUT2D eigenvalue weighted by atomic mass is 32.2. The van der Waals surface area contributed by atoms with Crippen molar-refractivity contribution in [3.8, 4) is 6.07 Å². The van der Waals surface area contributed by atoms with E-state index >= 15 is 0 Å². The van der Waals surface area contributed by atoms with Gasteiger partial charge >= 0.3 is 0 Å². The molecule has 2 unspecified atom stereocenters. The average molecular weight is 228 g/mol. The van der Waals surface area contributed by atoms with E-state index in [1.807, 2.05) is 11.8 Å². The Hall–Kier alpha value is -0.240. The topological polar surface area (TPSA) is 45.0 Å². The van der Waals surface area contributed by atoms with Crippen LogP contribution in [0.15, 0.2) is 0 Å². The van der Waals surface area contributed by atoms with E-state index in [0.717, 1.165) is 31.1 Å². The zero-order chi connectivity index (χ0) is 10.9. The van der Waals surface area contributed by atoms with Crippen molar-refractivity contribution < 1.29 is 4.74 Å². The Bertz CT molecular complexity index is 199. The lowest BCUT2D eigenvalue weighted by atomic mass is 10.3. The molecule has 1 rings (SSSR count). The Morgan fingerprint density at radius 2 is 2.53 bits per heavy atom. The quantitative estimate of drug-likeness (QED) is 0.721. The number of hydrogen-bond acceptors (Lipinski definition) is 4. The minimum atomic E-state index is -0.00338. The van der Waals surface area contributed by atoms with E-state index in [-0.39, 0.29) is 6.04 Å². The van der Waals surface area contributed by atoms with Crippen LogP contribution in [0.25, 0.3) is 0 Å². The van der Waals surface area contributed by atoms with Gasteiger partial charge in [0.2, 0.25) is 0 Å². The maximum absolute atomic E-state index is 8.89. The lowest BCUT2D eigenvalue weighted by molar-refractivity contribution is 0.129. The maximum Gasteiger partial charge on any atom is 0.104 e. The summed E-state index contributed by atoms with van der Waals surface area (Å²) in [6.07, 6.45) is 3.89. The van der Waals surface area contributed by atoms with E-state index in [9.17, 15) is 0 Å². The van der Waals surface area contributed by atoms with Gasteiger partial charge in [0, 0.05) is 18.1 Å². The number of hydrogen-bond donors (Lipinski definition) is 1. The minimum Gasteiger partial charge on any atom is -0.377 e. The molecule has 15 heavy (non-hydrogen) atoms. The fraction of sp³-hybridized carbons (Fsp3) is 0.909. The first-order valence-corrected chi connectivity index (χ1v) is 6.84. The number of nitriles is 1. The van der Waals surface area contributed by atoms with Gasteiger partial charge in [-0.1, -0.05) is 6.92 Å². The molecule has 1 N–H and O–H groups in total. The zero-order valence-electron chi connectivity index (χ0n) is 9.37. The molecule has 0 aromatic rings. The molecular weight excluding hydrogens is 208 g/mol. The lowest BCUT2D eigenvalue weighted by Crippen LogP contribution is -2.30. The van der Waals surface area contributed by atoms with Gasteiger partial charge in [0.1, 0.15) is 6.04 Å². The molecule has 86 valence electrons. The van der Waals surface area contributed by atoms with Crippen LogP contribution in [-0.2, 0) is 4.74 Å². The van der Waals surface area contributed by atoms with Crippen LogP contribution in [0, 0.1) is 11.3 Å². The molecule has 4 heteroatoms. The molecule has 1 aliphatic rings. The zero-order valence-corrected chi connectivity index (χ0v) is 10.2. The third kappa shape index (κ3) is 5.41. The van der Waals surface area contributed by atoms with Crippen molar-refractivity contribution in [3.05, 3.63) is 0 Å². The predicted molar refractivity (Wildman–Crippen MR) is 64.0 cm³/mol. The molecular formula is C11H20N2OS. The van der Waals surface area contributed by atoms with Crippen molar-refractivity contribution in [2.45, 2.75) is 38.3 Å². The van der Waals surface area contributed by atoms with Gasteiger partial charge in [0.15, 0.2) is 0 Å². The molecule has 0 spiro atoms. The Morgan fingerprint density at radius 1 is 1.67 bits per heavy atom. The Labute approximate surface area is 96.6 Å². The van der Waals surface area contributed by atoms with Crippen LogP contribution < -0.4 is 5.32 Å². The largest absolute Gasteiger partial charge is 0.377 e. The Morgan fingerprint density at radius 3 is 3.13 bits per heavy atom. The summed E-state index contributed by atoms with van der Waals surface area (Å²) in [6.45, 7) is 3.96. The van der Waals surface area contributed by atoms with E-state index in [2.05, 4.69) is 18.3 Å². The third-order valence-corrected chi connectivity index (χ3v) is 3.59. The fourth-order valence-electron chi connectivity index (χ4n) is 1.55. The number of rotatable bonds is 7. The van der Waals surface area contributed by atoms with E-state index in [1.165, 1.54) is 12.8 Å². The van der Waals surface area contributed by atoms with E-state index in [4.69, 9.17) is 10.00 Å². The predicted octanol–water partition coefficient (Wildman–Crippen LogP) is 1.79. The number of nitrogens with zero attached hydrogens (tertiary/aromatic N) is 1. The van der Waals surface area contributed by atoms with Crippen LogP contribution in [0.5, 0.6) is 0 Å². The maximum atomic E-state index is 8.89. The summed E-state index contributed by atoms with van der Waals surface area (Å²) in [5, 5.41) is 12.1. The molecule has 0 aromatic heterocycles. The number of nitrogens with one attached hydrogen (secondary N) is 1. The molecule has 1 aliphatic heterocycles. The van der Waals surface area contributed by atoms with Crippen molar-refractivity contribution in [3.63, 3.8) is 0 Å². The third-order valence-electron chi connectivity index (χ3n) is 2.41. The van der Waals surface area contributed by atoms with Crippen LogP contribution in [-0.4, -0.2) is 36.8 Å². The summed E-state index contributed by atoms with van der Waals surface area (Å²) < 4.78 is 5.53. The van der Waals surface area contributed by atoms with Crippen LogP contribution in [0.1, 0.15) is 26.2 Å². The van der Waals surface area contributed by atoms with Crippen molar-refractivity contribution in [1.82, 2.24) is 5.32 Å². The molecule has 0 radical (unpaired) electrons. The molecule has 0 amide bonds. The van der Waals surface area contributed by atoms with E-state index in [0.29, 0.717) is 6.10 Å². The van der Waals surface area contributed by atoms with E-state index < -0.39 is 0 Å². The van der Waals surface area contributed by atoms with Gasteiger partial charge in [-0.2, -0.15) is 17.0 Å². The summed E-state index contributed by atoms with van der Waals surface area (Å²) in [7, 11) is 0. The summed E-state index contributed by atoms with van der Waals surface area (Å²) in [4.78, 5) is 0.